The molecule has 0 atom stereocenters. The number of carbonyl (C=O) groups is 1. The van der Waals surface area contributed by atoms with E-state index in [0.29, 0.717) is 23.4 Å². The highest BCUT2D eigenvalue weighted by Gasteiger charge is 2.16. The topological polar surface area (TPSA) is 80.9 Å². The van der Waals surface area contributed by atoms with E-state index in [1.54, 1.807) is 41.9 Å². The van der Waals surface area contributed by atoms with E-state index in [1.807, 2.05) is 17.5 Å². The van der Waals surface area contributed by atoms with Gasteiger partial charge in [0.1, 0.15) is 16.4 Å². The van der Waals surface area contributed by atoms with Crippen LogP contribution in [0.2, 0.25) is 0 Å². The highest BCUT2D eigenvalue weighted by molar-refractivity contribution is 7.13. The number of aryl methyl sites for hydroxylation is 1. The minimum absolute atomic E-state index is 0.163. The second-order valence-electron chi connectivity index (χ2n) is 7.18. The molecule has 5 aromatic rings. The molecule has 2 aromatic carbocycles. The minimum Gasteiger partial charge on any atom is -0.356 e. The van der Waals surface area contributed by atoms with E-state index in [0.717, 1.165) is 27.2 Å². The summed E-state index contributed by atoms with van der Waals surface area (Å²) in [5.41, 5.74) is 5.78. The summed E-state index contributed by atoms with van der Waals surface area (Å²) < 4.78 is 5.47. The van der Waals surface area contributed by atoms with E-state index in [2.05, 4.69) is 46.6 Å². The van der Waals surface area contributed by atoms with Gasteiger partial charge in [-0.15, -0.1) is 11.3 Å². The van der Waals surface area contributed by atoms with Gasteiger partial charge in [0.15, 0.2) is 5.58 Å². The molecule has 0 spiro atoms. The molecule has 1 amide bonds. The van der Waals surface area contributed by atoms with Gasteiger partial charge < -0.3 is 9.84 Å². The third-order valence-corrected chi connectivity index (χ3v) is 5.87. The van der Waals surface area contributed by atoms with Crippen LogP contribution in [0.15, 0.2) is 76.9 Å². The number of rotatable bonds is 5. The lowest BCUT2D eigenvalue weighted by molar-refractivity contribution is 0.0951. The zero-order valence-electron chi connectivity index (χ0n) is 16.7. The maximum absolute atomic E-state index is 12.7. The van der Waals surface area contributed by atoms with Gasteiger partial charge in [0.2, 0.25) is 0 Å². The second kappa shape index (κ2) is 8.12. The molecule has 0 aliphatic rings. The molecule has 0 bridgehead atoms. The monoisotopic (exact) mass is 426 g/mol. The number of hydrogen-bond donors (Lipinski definition) is 1. The van der Waals surface area contributed by atoms with Gasteiger partial charge in [-0.1, -0.05) is 35.0 Å². The molecular weight excluding hydrogens is 408 g/mol. The number of fused-ring (bicyclic) bond motifs is 1. The van der Waals surface area contributed by atoms with Crippen LogP contribution in [0.5, 0.6) is 0 Å². The van der Waals surface area contributed by atoms with Crippen LogP contribution < -0.4 is 5.32 Å². The summed E-state index contributed by atoms with van der Waals surface area (Å²) in [6.45, 7) is 2.49. The van der Waals surface area contributed by atoms with Crippen molar-refractivity contribution >= 4 is 28.2 Å². The molecule has 3 heterocycles. The minimum atomic E-state index is -0.163. The molecule has 31 heavy (non-hydrogen) atoms. The van der Waals surface area contributed by atoms with Gasteiger partial charge in [-0.05, 0) is 42.8 Å². The van der Waals surface area contributed by atoms with Crippen LogP contribution in [-0.2, 0) is 6.54 Å². The highest BCUT2D eigenvalue weighted by atomic mass is 32.1. The third kappa shape index (κ3) is 3.95. The van der Waals surface area contributed by atoms with Crippen LogP contribution in [0.25, 0.3) is 32.9 Å². The van der Waals surface area contributed by atoms with Crippen molar-refractivity contribution in [2.75, 3.05) is 0 Å². The fourth-order valence-electron chi connectivity index (χ4n) is 3.26. The first-order valence-corrected chi connectivity index (χ1v) is 10.6. The van der Waals surface area contributed by atoms with E-state index >= 15 is 0 Å². The highest BCUT2D eigenvalue weighted by Crippen LogP contribution is 2.33. The van der Waals surface area contributed by atoms with E-state index < -0.39 is 0 Å². The maximum atomic E-state index is 12.7. The summed E-state index contributed by atoms with van der Waals surface area (Å²) in [5.74, 6) is -0.163. The lowest BCUT2D eigenvalue weighted by Gasteiger charge is -2.05. The fraction of sp³-hybridized carbons (Fsp3) is 0.0833. The van der Waals surface area contributed by atoms with Crippen molar-refractivity contribution in [3.63, 3.8) is 0 Å². The summed E-state index contributed by atoms with van der Waals surface area (Å²) in [7, 11) is 0. The van der Waals surface area contributed by atoms with Gasteiger partial charge >= 0.3 is 0 Å². The molecule has 0 unspecified atom stereocenters. The number of hydrogen-bond acceptors (Lipinski definition) is 6. The summed E-state index contributed by atoms with van der Waals surface area (Å²) in [6.07, 6.45) is 3.41. The molecule has 0 aliphatic heterocycles. The molecule has 0 saturated carbocycles. The number of pyridine rings is 1. The predicted molar refractivity (Wildman–Crippen MR) is 121 cm³/mol. The SMILES string of the molecule is Cc1ccc(-c2nc(-c3noc4ccc(C(=O)NCc5ccncc5)cc34)cs2)cc1. The quantitative estimate of drug-likeness (QED) is 0.415. The first-order chi connectivity index (χ1) is 15.2. The third-order valence-electron chi connectivity index (χ3n) is 4.98. The summed E-state index contributed by atoms with van der Waals surface area (Å²) in [6, 6.07) is 17.3. The van der Waals surface area contributed by atoms with Crippen molar-refractivity contribution in [3.8, 4) is 22.0 Å². The van der Waals surface area contributed by atoms with Crippen LogP contribution in [0, 0.1) is 6.92 Å². The Morgan fingerprint density at radius 2 is 1.87 bits per heavy atom. The number of aromatic nitrogens is 3. The Bertz CT molecular complexity index is 1360. The fourth-order valence-corrected chi connectivity index (χ4v) is 4.07. The number of carbonyl (C=O) groups excluding carboxylic acids is 1. The Labute approximate surface area is 182 Å². The Morgan fingerprint density at radius 3 is 2.68 bits per heavy atom. The molecule has 6 nitrogen and oxygen atoms in total. The number of thiazole rings is 1. The van der Waals surface area contributed by atoms with E-state index in [9.17, 15) is 4.79 Å². The largest absolute Gasteiger partial charge is 0.356 e. The normalized spacial score (nSPS) is 11.0. The van der Waals surface area contributed by atoms with Crippen LogP contribution in [-0.4, -0.2) is 21.0 Å². The first-order valence-electron chi connectivity index (χ1n) is 9.77. The van der Waals surface area contributed by atoms with Crippen LogP contribution in [0.3, 0.4) is 0 Å². The van der Waals surface area contributed by atoms with Crippen molar-refractivity contribution in [3.05, 3.63) is 89.1 Å². The number of nitrogens with zero attached hydrogens (tertiary/aromatic N) is 3. The summed E-state index contributed by atoms with van der Waals surface area (Å²) in [5, 5.41) is 10.8. The van der Waals surface area contributed by atoms with Crippen LogP contribution >= 0.6 is 11.3 Å². The molecule has 7 heteroatoms. The van der Waals surface area contributed by atoms with Crippen molar-refractivity contribution in [1.29, 1.82) is 0 Å². The number of benzene rings is 2. The van der Waals surface area contributed by atoms with Gasteiger partial charge in [0, 0.05) is 35.4 Å². The van der Waals surface area contributed by atoms with Gasteiger partial charge in [-0.3, -0.25) is 9.78 Å². The van der Waals surface area contributed by atoms with Crippen LogP contribution in [0.4, 0.5) is 0 Å². The molecule has 0 radical (unpaired) electrons. The number of nitrogens with one attached hydrogen (secondary N) is 1. The standard InChI is InChI=1S/C24H18N4O2S/c1-15-2-4-17(5-3-15)24-27-20(14-31-24)22-19-12-18(6-7-21(19)30-28-22)23(29)26-13-16-8-10-25-11-9-16/h2-12,14H,13H2,1H3,(H,26,29). The average Bonchev–Trinajstić information content (AvgIpc) is 3.45. The summed E-state index contributed by atoms with van der Waals surface area (Å²) in [4.78, 5) is 21.4. The molecular formula is C24H18N4O2S. The lowest BCUT2D eigenvalue weighted by Crippen LogP contribution is -2.22. The molecule has 3 aromatic heterocycles. The van der Waals surface area contributed by atoms with Crippen LogP contribution in [0.1, 0.15) is 21.5 Å². The molecule has 0 saturated heterocycles. The average molecular weight is 427 g/mol. The van der Waals surface area contributed by atoms with Crippen molar-refractivity contribution in [2.24, 2.45) is 0 Å². The molecule has 152 valence electrons. The zero-order chi connectivity index (χ0) is 21.2. The van der Waals surface area contributed by atoms with Gasteiger partial charge in [0.05, 0.1) is 5.39 Å². The lowest BCUT2D eigenvalue weighted by atomic mass is 10.1. The Balaban J connectivity index is 1.41. The van der Waals surface area contributed by atoms with Crippen molar-refractivity contribution in [2.45, 2.75) is 13.5 Å². The Kier molecular flexibility index (Phi) is 5.01. The first kappa shape index (κ1) is 19.1. The second-order valence-corrected chi connectivity index (χ2v) is 8.04. The molecule has 0 fully saturated rings. The Morgan fingerprint density at radius 1 is 1.06 bits per heavy atom. The zero-order valence-corrected chi connectivity index (χ0v) is 17.5. The van der Waals surface area contributed by atoms with Gasteiger partial charge in [-0.25, -0.2) is 4.98 Å². The molecule has 0 aliphatic carbocycles. The van der Waals surface area contributed by atoms with Crippen molar-refractivity contribution in [1.82, 2.24) is 20.4 Å². The van der Waals surface area contributed by atoms with E-state index in [-0.39, 0.29) is 5.91 Å². The predicted octanol–water partition coefficient (Wildman–Crippen LogP) is 5.25. The van der Waals surface area contributed by atoms with Gasteiger partial charge in [-0.2, -0.15) is 0 Å². The van der Waals surface area contributed by atoms with E-state index in [4.69, 9.17) is 9.51 Å². The number of amides is 1. The summed E-state index contributed by atoms with van der Waals surface area (Å²) >= 11 is 1.55. The molecule has 1 N–H and O–H groups in total. The maximum Gasteiger partial charge on any atom is 0.251 e. The van der Waals surface area contributed by atoms with Gasteiger partial charge in [0.25, 0.3) is 5.91 Å². The van der Waals surface area contributed by atoms with E-state index in [1.165, 1.54) is 5.56 Å². The molecule has 5 rings (SSSR count). The smallest absolute Gasteiger partial charge is 0.251 e. The van der Waals surface area contributed by atoms with Crippen molar-refractivity contribution < 1.29 is 9.32 Å². The Hall–Kier alpha value is -3.84.